The number of aliphatic hydroxyl groups excluding tert-OH is 4. The van der Waals surface area contributed by atoms with Crippen LogP contribution in [0.3, 0.4) is 0 Å². The van der Waals surface area contributed by atoms with Gasteiger partial charge >= 0.3 is 5.97 Å². The van der Waals surface area contributed by atoms with E-state index in [1.165, 1.54) is 21.1 Å². The fourth-order valence-electron chi connectivity index (χ4n) is 6.42. The third-order valence-electron chi connectivity index (χ3n) is 9.27. The molecule has 4 unspecified atom stereocenters. The summed E-state index contributed by atoms with van der Waals surface area (Å²) in [6.45, 7) is 4.78. The molecular formula is C37H59N3O15. The predicted molar refractivity (Wildman–Crippen MR) is 193 cm³/mol. The summed E-state index contributed by atoms with van der Waals surface area (Å²) < 4.78 is 38.9. The summed E-state index contributed by atoms with van der Waals surface area (Å²) in [4.78, 5) is 49.9. The molecule has 2 heterocycles. The van der Waals surface area contributed by atoms with Crippen LogP contribution in [0.15, 0.2) is 24.3 Å². The van der Waals surface area contributed by atoms with Crippen molar-refractivity contribution in [2.75, 3.05) is 40.6 Å². The van der Waals surface area contributed by atoms with Crippen LogP contribution in [0, 0.1) is 0 Å². The quantitative estimate of drug-likeness (QED) is 0.0562. The minimum atomic E-state index is -1.59. The number of hydrogen-bond donors (Lipinski definition) is 7. The van der Waals surface area contributed by atoms with Gasteiger partial charge in [0.1, 0.15) is 61.1 Å². The highest BCUT2D eigenvalue weighted by Crippen LogP contribution is 2.31. The maximum Gasteiger partial charge on any atom is 0.328 e. The van der Waals surface area contributed by atoms with Crippen LogP contribution in [-0.4, -0.2) is 152 Å². The van der Waals surface area contributed by atoms with E-state index in [0.717, 1.165) is 31.2 Å². The fraction of sp³-hybridized carbons (Fsp3) is 0.730. The summed E-state index contributed by atoms with van der Waals surface area (Å²) >= 11 is 0. The normalized spacial score (nSPS) is 28.5. The van der Waals surface area contributed by atoms with Gasteiger partial charge in [0, 0.05) is 34.0 Å². The van der Waals surface area contributed by atoms with Gasteiger partial charge in [-0.3, -0.25) is 14.4 Å². The second-order valence-corrected chi connectivity index (χ2v) is 13.4. The minimum Gasteiger partial charge on any atom is -0.492 e. The summed E-state index contributed by atoms with van der Waals surface area (Å²) in [5, 5.41) is 50.6. The van der Waals surface area contributed by atoms with E-state index < -0.39 is 91.8 Å². The first-order valence-corrected chi connectivity index (χ1v) is 18.8. The van der Waals surface area contributed by atoms with Crippen molar-refractivity contribution in [3.63, 3.8) is 0 Å². The van der Waals surface area contributed by atoms with Gasteiger partial charge in [0.25, 0.3) is 0 Å². The smallest absolute Gasteiger partial charge is 0.328 e. The fourth-order valence-corrected chi connectivity index (χ4v) is 6.42. The molecule has 11 atom stereocenters. The van der Waals surface area contributed by atoms with E-state index >= 15 is 0 Å². The van der Waals surface area contributed by atoms with Gasteiger partial charge < -0.3 is 69.5 Å². The zero-order chi connectivity index (χ0) is 40.5. The molecule has 7 N–H and O–H groups in total. The monoisotopic (exact) mass is 785 g/mol. The number of rotatable bonds is 22. The maximum atomic E-state index is 12.9. The first-order chi connectivity index (χ1) is 26.4. The Balaban J connectivity index is 1.54. The van der Waals surface area contributed by atoms with Gasteiger partial charge in [0.15, 0.2) is 12.6 Å². The number of hydrogen-bond acceptors (Lipinski definition) is 15. The number of esters is 1. The molecule has 3 amide bonds. The van der Waals surface area contributed by atoms with E-state index in [0.29, 0.717) is 12.2 Å². The molecule has 3 rings (SSSR count). The summed E-state index contributed by atoms with van der Waals surface area (Å²) in [6, 6.07) is 5.03. The Bertz CT molecular complexity index is 1340. The molecule has 312 valence electrons. The Labute approximate surface area is 321 Å². The lowest BCUT2D eigenvalue weighted by atomic mass is 9.94. The molecule has 0 aliphatic carbocycles. The zero-order valence-corrected chi connectivity index (χ0v) is 32.2. The highest BCUT2D eigenvalue weighted by atomic mass is 16.7. The van der Waals surface area contributed by atoms with E-state index in [1.807, 2.05) is 0 Å². The lowest BCUT2D eigenvalue weighted by Crippen LogP contribution is -2.68. The standard InChI is InChI=1S/C37H59N3O15/c1-6-8-9-10-11-27(43)40-24(35(48)51-7-2)18-22-12-14-23(15-13-22)52-17-16-38-28(44)19-25-30(45)34(49-4)32(47)37(53-25)55-33-29(39-21(3)42)36(50-5)54-26(20-41)31(33)46/h12-15,24-26,29-34,36-37,41,45-47H,6-11,16-20H2,1-5H3,(H,38,44)(H,39,42)(H,40,43)/t24-,25?,26?,29?,30+,31+,32?,33+,34-,36+,37-/m0/s1. The van der Waals surface area contributed by atoms with Gasteiger partial charge in [-0.25, -0.2) is 4.79 Å². The number of methoxy groups -OCH3 is 2. The van der Waals surface area contributed by atoms with Crippen molar-refractivity contribution in [1.29, 1.82) is 0 Å². The molecule has 55 heavy (non-hydrogen) atoms. The van der Waals surface area contributed by atoms with Crippen LogP contribution in [0.1, 0.15) is 64.9 Å². The van der Waals surface area contributed by atoms with Crippen molar-refractivity contribution < 1.29 is 72.8 Å². The molecule has 0 aromatic heterocycles. The minimum absolute atomic E-state index is 0.0858. The lowest BCUT2D eigenvalue weighted by molar-refractivity contribution is -0.342. The van der Waals surface area contributed by atoms with E-state index in [1.54, 1.807) is 31.2 Å². The highest BCUT2D eigenvalue weighted by Gasteiger charge is 2.52. The Morgan fingerprint density at radius 2 is 1.55 bits per heavy atom. The number of nitrogens with one attached hydrogen (secondary N) is 3. The molecule has 2 fully saturated rings. The van der Waals surface area contributed by atoms with Crippen LogP contribution < -0.4 is 20.7 Å². The highest BCUT2D eigenvalue weighted by molar-refractivity contribution is 5.84. The molecule has 18 heteroatoms. The molecular weight excluding hydrogens is 726 g/mol. The van der Waals surface area contributed by atoms with Gasteiger partial charge in [-0.1, -0.05) is 38.3 Å². The average Bonchev–Trinajstić information content (AvgIpc) is 3.15. The number of carbonyl (C=O) groups excluding carboxylic acids is 4. The van der Waals surface area contributed by atoms with Crippen molar-refractivity contribution in [1.82, 2.24) is 16.0 Å². The largest absolute Gasteiger partial charge is 0.492 e. The molecule has 0 saturated carbocycles. The number of ether oxygens (including phenoxy) is 7. The third-order valence-corrected chi connectivity index (χ3v) is 9.27. The number of unbranched alkanes of at least 4 members (excludes halogenated alkanes) is 3. The van der Waals surface area contributed by atoms with E-state index in [-0.39, 0.29) is 38.5 Å². The molecule has 0 spiro atoms. The van der Waals surface area contributed by atoms with E-state index in [9.17, 15) is 39.6 Å². The van der Waals surface area contributed by atoms with E-state index in [4.69, 9.17) is 33.2 Å². The van der Waals surface area contributed by atoms with Gasteiger partial charge in [-0.05, 0) is 31.0 Å². The molecule has 0 radical (unpaired) electrons. The van der Waals surface area contributed by atoms with Crippen LogP contribution in [0.25, 0.3) is 0 Å². The number of amides is 3. The van der Waals surface area contributed by atoms with Gasteiger partial charge in [0.2, 0.25) is 17.7 Å². The van der Waals surface area contributed by atoms with Crippen molar-refractivity contribution in [3.8, 4) is 5.75 Å². The summed E-state index contributed by atoms with van der Waals surface area (Å²) in [7, 11) is 2.55. The predicted octanol–water partition coefficient (Wildman–Crippen LogP) is -0.791. The topological polar surface area (TPSA) is 250 Å². The van der Waals surface area contributed by atoms with Crippen molar-refractivity contribution >= 4 is 23.7 Å². The summed E-state index contributed by atoms with van der Waals surface area (Å²) in [6.07, 6.45) is -8.21. The summed E-state index contributed by atoms with van der Waals surface area (Å²) in [5.74, 6) is -1.23. The van der Waals surface area contributed by atoms with Crippen LogP contribution >= 0.6 is 0 Å². The molecule has 1 aromatic rings. The first kappa shape index (κ1) is 45.9. The van der Waals surface area contributed by atoms with Crippen molar-refractivity contribution in [2.24, 2.45) is 0 Å². The lowest BCUT2D eigenvalue weighted by Gasteiger charge is -2.47. The molecule has 2 aliphatic rings. The first-order valence-electron chi connectivity index (χ1n) is 18.8. The van der Waals surface area contributed by atoms with Crippen molar-refractivity contribution in [2.45, 2.75) is 133 Å². The van der Waals surface area contributed by atoms with Crippen LogP contribution in [-0.2, 0) is 54.0 Å². The Kier molecular flexibility index (Phi) is 19.7. The van der Waals surface area contributed by atoms with Gasteiger partial charge in [-0.2, -0.15) is 0 Å². The number of aliphatic hydroxyl groups is 4. The van der Waals surface area contributed by atoms with Crippen molar-refractivity contribution in [3.05, 3.63) is 29.8 Å². The van der Waals surface area contributed by atoms with Crippen LogP contribution in [0.5, 0.6) is 5.75 Å². The second-order valence-electron chi connectivity index (χ2n) is 13.4. The number of carbonyl (C=O) groups is 4. The third kappa shape index (κ3) is 13.9. The Hall–Kier alpha value is -3.46. The summed E-state index contributed by atoms with van der Waals surface area (Å²) in [5.41, 5.74) is 0.779. The Morgan fingerprint density at radius 3 is 2.16 bits per heavy atom. The SMILES string of the molecule is CCCCCCC(=O)N[C@@H](Cc1ccc(OCCNC(=O)CC2O[C@@H](O[C@@H]3C(NC(C)=O)[C@H](OC)OC(CO)[C@H]3O)C(O)[C@@H](OC)[C@@H]2O)cc1)C(=O)OCC. The van der Waals surface area contributed by atoms with Gasteiger partial charge in [-0.15, -0.1) is 0 Å². The molecule has 0 bridgehead atoms. The number of benzene rings is 1. The Morgan fingerprint density at radius 1 is 0.855 bits per heavy atom. The average molecular weight is 786 g/mol. The zero-order valence-electron chi connectivity index (χ0n) is 32.2. The van der Waals surface area contributed by atoms with E-state index in [2.05, 4.69) is 22.9 Å². The second kappa shape index (κ2) is 23.6. The molecule has 2 saturated heterocycles. The maximum absolute atomic E-state index is 12.9. The molecule has 2 aliphatic heterocycles. The van der Waals surface area contributed by atoms with Gasteiger partial charge in [0.05, 0.1) is 32.3 Å². The molecule has 1 aromatic carbocycles. The van der Waals surface area contributed by atoms with Crippen LogP contribution in [0.4, 0.5) is 0 Å². The molecule has 18 nitrogen and oxygen atoms in total. The van der Waals surface area contributed by atoms with Crippen LogP contribution in [0.2, 0.25) is 0 Å².